The van der Waals surface area contributed by atoms with Crippen LogP contribution in [0.5, 0.6) is 23.0 Å². The van der Waals surface area contributed by atoms with Gasteiger partial charge in [-0.1, -0.05) is 13.8 Å². The molecule has 0 radical (unpaired) electrons. The smallest absolute Gasteiger partial charge is 0.203 e. The Kier molecular flexibility index (Phi) is 6.62. The lowest BCUT2D eigenvalue weighted by Gasteiger charge is -2.22. The van der Waals surface area contributed by atoms with Gasteiger partial charge in [-0.2, -0.15) is 0 Å². The van der Waals surface area contributed by atoms with Gasteiger partial charge in [0.1, 0.15) is 5.75 Å². The zero-order valence-corrected chi connectivity index (χ0v) is 13.7. The van der Waals surface area contributed by atoms with Crippen LogP contribution >= 0.6 is 0 Å². The van der Waals surface area contributed by atoms with Gasteiger partial charge in [-0.25, -0.2) is 0 Å². The SMILES string of the molecule is COc1cc(OCCCC(C)(C)CN)cc(OC)c1OC. The fourth-order valence-electron chi connectivity index (χ4n) is 1.98. The van der Waals surface area contributed by atoms with E-state index in [0.717, 1.165) is 12.8 Å². The molecular formula is C16H27NO4. The average Bonchev–Trinajstić information content (AvgIpc) is 2.50. The standard InChI is InChI=1S/C16H27NO4/c1-16(2,11-17)7-6-8-21-12-9-13(18-3)15(20-5)14(10-12)19-4/h9-10H,6-8,11,17H2,1-5H3. The summed E-state index contributed by atoms with van der Waals surface area (Å²) in [4.78, 5) is 0. The van der Waals surface area contributed by atoms with Crippen molar-refractivity contribution in [2.24, 2.45) is 11.1 Å². The number of hydrogen-bond acceptors (Lipinski definition) is 5. The first-order valence-corrected chi connectivity index (χ1v) is 7.10. The molecule has 0 saturated carbocycles. The summed E-state index contributed by atoms with van der Waals surface area (Å²) in [6.45, 7) is 5.62. The Bertz CT molecular complexity index is 421. The van der Waals surface area contributed by atoms with E-state index in [-0.39, 0.29) is 5.41 Å². The molecule has 0 fully saturated rings. The summed E-state index contributed by atoms with van der Waals surface area (Å²) in [5.74, 6) is 2.45. The van der Waals surface area contributed by atoms with E-state index in [9.17, 15) is 0 Å². The topological polar surface area (TPSA) is 62.9 Å². The second-order valence-corrected chi connectivity index (χ2v) is 5.68. The summed E-state index contributed by atoms with van der Waals surface area (Å²) < 4.78 is 21.6. The molecule has 1 aromatic rings. The van der Waals surface area contributed by atoms with Crippen molar-refractivity contribution in [1.82, 2.24) is 0 Å². The number of rotatable bonds is 9. The van der Waals surface area contributed by atoms with Gasteiger partial charge in [0.25, 0.3) is 0 Å². The molecule has 0 bridgehead atoms. The van der Waals surface area contributed by atoms with Crippen molar-refractivity contribution >= 4 is 0 Å². The minimum atomic E-state index is 0.151. The fourth-order valence-corrected chi connectivity index (χ4v) is 1.98. The maximum Gasteiger partial charge on any atom is 0.203 e. The van der Waals surface area contributed by atoms with Gasteiger partial charge in [0.15, 0.2) is 11.5 Å². The Labute approximate surface area is 127 Å². The lowest BCUT2D eigenvalue weighted by molar-refractivity contribution is 0.257. The lowest BCUT2D eigenvalue weighted by atomic mass is 9.88. The summed E-state index contributed by atoms with van der Waals surface area (Å²) in [7, 11) is 4.76. The van der Waals surface area contributed by atoms with Crippen LogP contribution in [0.25, 0.3) is 0 Å². The Morgan fingerprint density at radius 1 is 1.00 bits per heavy atom. The summed E-state index contributed by atoms with van der Waals surface area (Å²) >= 11 is 0. The van der Waals surface area contributed by atoms with Crippen LogP contribution in [0.3, 0.4) is 0 Å². The molecule has 5 nitrogen and oxygen atoms in total. The number of methoxy groups -OCH3 is 3. The number of hydrogen-bond donors (Lipinski definition) is 1. The van der Waals surface area contributed by atoms with Gasteiger partial charge in [0, 0.05) is 12.1 Å². The van der Waals surface area contributed by atoms with E-state index in [1.165, 1.54) is 0 Å². The molecule has 0 heterocycles. The van der Waals surface area contributed by atoms with Crippen LogP contribution in [-0.4, -0.2) is 34.5 Å². The van der Waals surface area contributed by atoms with Gasteiger partial charge >= 0.3 is 0 Å². The molecule has 21 heavy (non-hydrogen) atoms. The van der Waals surface area contributed by atoms with Crippen LogP contribution in [0.15, 0.2) is 12.1 Å². The predicted molar refractivity (Wildman–Crippen MR) is 83.7 cm³/mol. The van der Waals surface area contributed by atoms with Crippen molar-refractivity contribution < 1.29 is 18.9 Å². The zero-order valence-electron chi connectivity index (χ0n) is 13.7. The first-order chi connectivity index (χ1) is 9.97. The largest absolute Gasteiger partial charge is 0.493 e. The minimum absolute atomic E-state index is 0.151. The third-order valence-electron chi connectivity index (χ3n) is 3.46. The van der Waals surface area contributed by atoms with E-state index in [1.807, 2.05) is 0 Å². The molecule has 120 valence electrons. The van der Waals surface area contributed by atoms with Gasteiger partial charge < -0.3 is 24.7 Å². The van der Waals surface area contributed by atoms with Crippen molar-refractivity contribution in [1.29, 1.82) is 0 Å². The van der Waals surface area contributed by atoms with Gasteiger partial charge in [-0.15, -0.1) is 0 Å². The molecule has 0 aromatic heterocycles. The molecule has 0 spiro atoms. The Hall–Kier alpha value is -1.62. The van der Waals surface area contributed by atoms with Crippen molar-refractivity contribution in [3.05, 3.63) is 12.1 Å². The first kappa shape index (κ1) is 17.4. The van der Waals surface area contributed by atoms with E-state index in [2.05, 4.69) is 13.8 Å². The van der Waals surface area contributed by atoms with Crippen LogP contribution in [0, 0.1) is 5.41 Å². The van der Waals surface area contributed by atoms with E-state index < -0.39 is 0 Å². The zero-order chi connectivity index (χ0) is 15.9. The molecule has 0 aliphatic carbocycles. The normalized spacial score (nSPS) is 11.1. The molecule has 0 aliphatic rings. The highest BCUT2D eigenvalue weighted by molar-refractivity contribution is 5.55. The van der Waals surface area contributed by atoms with Gasteiger partial charge in [-0.05, 0) is 24.8 Å². The second-order valence-electron chi connectivity index (χ2n) is 5.68. The molecule has 5 heteroatoms. The Balaban J connectivity index is 2.67. The maximum absolute atomic E-state index is 5.77. The Morgan fingerprint density at radius 2 is 1.57 bits per heavy atom. The quantitative estimate of drug-likeness (QED) is 0.710. The summed E-state index contributed by atoms with van der Waals surface area (Å²) in [5.41, 5.74) is 5.87. The lowest BCUT2D eigenvalue weighted by Crippen LogP contribution is -2.23. The monoisotopic (exact) mass is 297 g/mol. The second kappa shape index (κ2) is 7.98. The third-order valence-corrected chi connectivity index (χ3v) is 3.46. The van der Waals surface area contributed by atoms with E-state index >= 15 is 0 Å². The molecule has 2 N–H and O–H groups in total. The minimum Gasteiger partial charge on any atom is -0.493 e. The summed E-state index contributed by atoms with van der Waals surface area (Å²) in [6, 6.07) is 3.60. The molecule has 0 saturated heterocycles. The van der Waals surface area contributed by atoms with E-state index in [1.54, 1.807) is 33.5 Å². The molecular weight excluding hydrogens is 270 g/mol. The number of benzene rings is 1. The summed E-state index contributed by atoms with van der Waals surface area (Å²) in [5, 5.41) is 0. The maximum atomic E-state index is 5.77. The van der Waals surface area contributed by atoms with Crippen molar-refractivity contribution in [2.45, 2.75) is 26.7 Å². The molecule has 0 unspecified atom stereocenters. The van der Waals surface area contributed by atoms with Crippen molar-refractivity contribution in [3.63, 3.8) is 0 Å². The van der Waals surface area contributed by atoms with Crippen LogP contribution < -0.4 is 24.7 Å². The van der Waals surface area contributed by atoms with Crippen molar-refractivity contribution in [2.75, 3.05) is 34.5 Å². The molecule has 0 amide bonds. The summed E-state index contributed by atoms with van der Waals surface area (Å²) in [6.07, 6.45) is 1.97. The predicted octanol–water partition coefficient (Wildman–Crippen LogP) is 2.86. The average molecular weight is 297 g/mol. The third kappa shape index (κ3) is 5.01. The van der Waals surface area contributed by atoms with Crippen LogP contribution in [0.4, 0.5) is 0 Å². The van der Waals surface area contributed by atoms with Crippen LogP contribution in [0.2, 0.25) is 0 Å². The molecule has 1 rings (SSSR count). The van der Waals surface area contributed by atoms with Crippen LogP contribution in [0.1, 0.15) is 26.7 Å². The highest BCUT2D eigenvalue weighted by Crippen LogP contribution is 2.40. The van der Waals surface area contributed by atoms with Gasteiger partial charge in [0.2, 0.25) is 5.75 Å². The Morgan fingerprint density at radius 3 is 2.00 bits per heavy atom. The highest BCUT2D eigenvalue weighted by Gasteiger charge is 2.16. The van der Waals surface area contributed by atoms with Gasteiger partial charge in [0.05, 0.1) is 27.9 Å². The van der Waals surface area contributed by atoms with Crippen molar-refractivity contribution in [3.8, 4) is 23.0 Å². The van der Waals surface area contributed by atoms with Crippen LogP contribution in [-0.2, 0) is 0 Å². The van der Waals surface area contributed by atoms with E-state index in [4.69, 9.17) is 24.7 Å². The first-order valence-electron chi connectivity index (χ1n) is 7.10. The molecule has 0 aliphatic heterocycles. The van der Waals surface area contributed by atoms with Gasteiger partial charge in [-0.3, -0.25) is 0 Å². The molecule has 0 atom stereocenters. The highest BCUT2D eigenvalue weighted by atomic mass is 16.5. The fraction of sp³-hybridized carbons (Fsp3) is 0.625. The number of ether oxygens (including phenoxy) is 4. The molecule has 1 aromatic carbocycles. The number of nitrogens with two attached hydrogens (primary N) is 1. The van der Waals surface area contributed by atoms with E-state index in [0.29, 0.717) is 36.1 Å².